The lowest BCUT2D eigenvalue weighted by Crippen LogP contribution is -2.01. The summed E-state index contributed by atoms with van der Waals surface area (Å²) < 4.78 is 5.23. The molecular weight excluding hydrogens is 268 g/mol. The van der Waals surface area contributed by atoms with Gasteiger partial charge in [-0.15, -0.1) is 0 Å². The Kier molecular flexibility index (Phi) is 3.39. The Morgan fingerprint density at radius 3 is 2.71 bits per heavy atom. The van der Waals surface area contributed by atoms with E-state index in [1.54, 1.807) is 6.07 Å². The molecule has 1 aromatic carbocycles. The van der Waals surface area contributed by atoms with E-state index in [2.05, 4.69) is 10.1 Å². The highest BCUT2D eigenvalue weighted by Crippen LogP contribution is 2.27. The van der Waals surface area contributed by atoms with E-state index in [4.69, 9.17) is 4.52 Å². The van der Waals surface area contributed by atoms with Gasteiger partial charge < -0.3 is 9.63 Å². The van der Waals surface area contributed by atoms with Gasteiger partial charge in [-0.1, -0.05) is 48.8 Å². The lowest BCUT2D eigenvalue weighted by Gasteiger charge is -2.03. The van der Waals surface area contributed by atoms with Crippen molar-refractivity contribution in [1.82, 2.24) is 10.1 Å². The predicted molar refractivity (Wildman–Crippen MR) is 78.2 cm³/mol. The van der Waals surface area contributed by atoms with Crippen LogP contribution in [0.2, 0.25) is 0 Å². The van der Waals surface area contributed by atoms with E-state index in [0.717, 1.165) is 12.0 Å². The number of fused-ring (bicyclic) bond motifs is 1. The van der Waals surface area contributed by atoms with Gasteiger partial charge in [0.2, 0.25) is 0 Å². The maximum Gasteiger partial charge on any atom is 0.336 e. The first-order valence-corrected chi connectivity index (χ1v) is 6.78. The summed E-state index contributed by atoms with van der Waals surface area (Å²) in [7, 11) is 0. The van der Waals surface area contributed by atoms with Gasteiger partial charge in [0.05, 0.1) is 22.3 Å². The lowest BCUT2D eigenvalue weighted by atomic mass is 10.0. The number of carboxylic acids is 1. The van der Waals surface area contributed by atoms with Crippen molar-refractivity contribution in [2.24, 2.45) is 0 Å². The second kappa shape index (κ2) is 5.36. The average molecular weight is 282 g/mol. The molecule has 3 aromatic rings. The Morgan fingerprint density at radius 2 is 2.05 bits per heavy atom. The molecule has 1 N–H and O–H groups in total. The molecule has 0 bridgehead atoms. The molecule has 3 rings (SSSR count). The Labute approximate surface area is 121 Å². The summed E-state index contributed by atoms with van der Waals surface area (Å²) in [5, 5.41) is 13.9. The maximum atomic E-state index is 11.6. The molecule has 0 saturated heterocycles. The van der Waals surface area contributed by atoms with Crippen LogP contribution in [-0.4, -0.2) is 21.2 Å². The number of carbonyl (C=O) groups is 1. The van der Waals surface area contributed by atoms with Crippen LogP contribution in [0.5, 0.6) is 0 Å². The van der Waals surface area contributed by atoms with Gasteiger partial charge in [-0.25, -0.2) is 9.78 Å². The van der Waals surface area contributed by atoms with Crippen molar-refractivity contribution in [2.45, 2.75) is 19.8 Å². The second-order valence-corrected chi connectivity index (χ2v) is 4.79. The monoisotopic (exact) mass is 282 g/mol. The highest BCUT2D eigenvalue weighted by Gasteiger charge is 2.20. The number of aryl methyl sites for hydroxylation is 1. The van der Waals surface area contributed by atoms with Gasteiger partial charge in [0.15, 0.2) is 0 Å². The molecule has 0 unspecified atom stereocenters. The number of hydrogen-bond acceptors (Lipinski definition) is 4. The minimum absolute atomic E-state index is 0.184. The molecular formula is C16H14N2O3. The third-order valence-corrected chi connectivity index (χ3v) is 3.30. The van der Waals surface area contributed by atoms with Crippen LogP contribution in [0.15, 0.2) is 40.9 Å². The number of hydrogen-bond donors (Lipinski definition) is 1. The van der Waals surface area contributed by atoms with Crippen LogP contribution >= 0.6 is 0 Å². The summed E-state index contributed by atoms with van der Waals surface area (Å²) in [6.45, 7) is 2.01. The third kappa shape index (κ3) is 2.38. The van der Waals surface area contributed by atoms with Gasteiger partial charge >= 0.3 is 5.97 Å². The van der Waals surface area contributed by atoms with Crippen molar-refractivity contribution in [3.8, 4) is 11.3 Å². The molecule has 5 heteroatoms. The number of benzene rings is 1. The molecule has 0 saturated carbocycles. The molecule has 106 valence electrons. The first kappa shape index (κ1) is 13.3. The fraction of sp³-hybridized carbons (Fsp3) is 0.188. The molecule has 0 aliphatic rings. The zero-order valence-electron chi connectivity index (χ0n) is 11.5. The summed E-state index contributed by atoms with van der Waals surface area (Å²) >= 11 is 0. The minimum atomic E-state index is -1.000. The van der Waals surface area contributed by atoms with Crippen molar-refractivity contribution >= 4 is 17.1 Å². The molecule has 0 fully saturated rings. The smallest absolute Gasteiger partial charge is 0.336 e. The van der Waals surface area contributed by atoms with Crippen molar-refractivity contribution in [3.05, 3.63) is 47.7 Å². The number of pyridine rings is 1. The molecule has 2 aromatic heterocycles. The van der Waals surface area contributed by atoms with Crippen LogP contribution in [-0.2, 0) is 6.42 Å². The highest BCUT2D eigenvalue weighted by atomic mass is 16.5. The van der Waals surface area contributed by atoms with E-state index in [0.29, 0.717) is 23.2 Å². The summed E-state index contributed by atoms with van der Waals surface area (Å²) in [5.41, 5.74) is 2.52. The molecule has 0 aliphatic carbocycles. The predicted octanol–water partition coefficient (Wildman–Crippen LogP) is 3.54. The summed E-state index contributed by atoms with van der Waals surface area (Å²) in [6, 6.07) is 11.0. The van der Waals surface area contributed by atoms with Gasteiger partial charge in [-0.05, 0) is 12.5 Å². The Morgan fingerprint density at radius 1 is 1.29 bits per heavy atom. The third-order valence-electron chi connectivity index (χ3n) is 3.30. The summed E-state index contributed by atoms with van der Waals surface area (Å²) in [5.74, 6) is -1.000. The van der Waals surface area contributed by atoms with Gasteiger partial charge in [0.25, 0.3) is 5.71 Å². The Balaban J connectivity index is 2.25. The number of aromatic carboxylic acids is 1. The first-order valence-electron chi connectivity index (χ1n) is 6.78. The van der Waals surface area contributed by atoms with E-state index >= 15 is 0 Å². The van der Waals surface area contributed by atoms with Gasteiger partial charge in [0, 0.05) is 5.56 Å². The van der Waals surface area contributed by atoms with Crippen LogP contribution in [0.3, 0.4) is 0 Å². The molecule has 0 aliphatic heterocycles. The quantitative estimate of drug-likeness (QED) is 0.792. The minimum Gasteiger partial charge on any atom is -0.478 e. The fourth-order valence-corrected chi connectivity index (χ4v) is 2.34. The number of carboxylic acid groups (broad SMARTS) is 1. The number of aromatic nitrogens is 2. The molecule has 21 heavy (non-hydrogen) atoms. The molecule has 0 atom stereocenters. The van der Waals surface area contributed by atoms with E-state index in [1.165, 1.54) is 0 Å². The van der Waals surface area contributed by atoms with Crippen molar-refractivity contribution in [1.29, 1.82) is 0 Å². The molecule has 0 spiro atoms. The largest absolute Gasteiger partial charge is 0.478 e. The number of nitrogens with zero attached hydrogens (tertiary/aromatic N) is 2. The fourth-order valence-electron chi connectivity index (χ4n) is 2.34. The highest BCUT2D eigenvalue weighted by molar-refractivity contribution is 6.03. The van der Waals surface area contributed by atoms with E-state index in [-0.39, 0.29) is 11.3 Å². The average Bonchev–Trinajstić information content (AvgIpc) is 2.91. The molecule has 2 heterocycles. The SMILES string of the molecule is CCCc1noc2nc(-c3ccccc3)cc(C(=O)O)c12. The lowest BCUT2D eigenvalue weighted by molar-refractivity contribution is 0.0699. The van der Waals surface area contributed by atoms with Crippen molar-refractivity contribution < 1.29 is 14.4 Å². The van der Waals surface area contributed by atoms with Gasteiger partial charge in [-0.3, -0.25) is 0 Å². The zero-order chi connectivity index (χ0) is 14.8. The normalized spacial score (nSPS) is 10.9. The van der Waals surface area contributed by atoms with E-state index in [1.807, 2.05) is 37.3 Å². The maximum absolute atomic E-state index is 11.6. The van der Waals surface area contributed by atoms with Crippen molar-refractivity contribution in [3.63, 3.8) is 0 Å². The van der Waals surface area contributed by atoms with E-state index < -0.39 is 5.97 Å². The van der Waals surface area contributed by atoms with Gasteiger partial charge in [-0.2, -0.15) is 0 Å². The Hall–Kier alpha value is -2.69. The standard InChI is InChI=1S/C16H14N2O3/c1-2-6-12-14-11(16(19)20)9-13(17-15(14)21-18-12)10-7-4-3-5-8-10/h3-5,7-9H,2,6H2,1H3,(H,19,20). The topological polar surface area (TPSA) is 76.2 Å². The molecule has 0 amide bonds. The second-order valence-electron chi connectivity index (χ2n) is 4.79. The Bertz CT molecular complexity index is 794. The van der Waals surface area contributed by atoms with Crippen LogP contribution in [0.1, 0.15) is 29.4 Å². The van der Waals surface area contributed by atoms with Crippen LogP contribution in [0, 0.1) is 0 Å². The van der Waals surface area contributed by atoms with Gasteiger partial charge in [0.1, 0.15) is 0 Å². The number of rotatable bonds is 4. The van der Waals surface area contributed by atoms with Crippen LogP contribution in [0.25, 0.3) is 22.4 Å². The zero-order valence-corrected chi connectivity index (χ0v) is 11.5. The summed E-state index contributed by atoms with van der Waals surface area (Å²) in [6.07, 6.45) is 1.53. The summed E-state index contributed by atoms with van der Waals surface area (Å²) in [4.78, 5) is 16.0. The molecule has 5 nitrogen and oxygen atoms in total. The van der Waals surface area contributed by atoms with Crippen LogP contribution in [0.4, 0.5) is 0 Å². The molecule has 0 radical (unpaired) electrons. The van der Waals surface area contributed by atoms with Crippen LogP contribution < -0.4 is 0 Å². The van der Waals surface area contributed by atoms with E-state index in [9.17, 15) is 9.90 Å². The van der Waals surface area contributed by atoms with Crippen molar-refractivity contribution in [2.75, 3.05) is 0 Å². The first-order chi connectivity index (χ1) is 10.2.